The van der Waals surface area contributed by atoms with Crippen molar-refractivity contribution in [2.75, 3.05) is 38.2 Å². The van der Waals surface area contributed by atoms with E-state index in [0.29, 0.717) is 18.7 Å². The van der Waals surface area contributed by atoms with Crippen LogP contribution in [0.5, 0.6) is 5.75 Å². The second kappa shape index (κ2) is 6.47. The van der Waals surface area contributed by atoms with Crippen LogP contribution in [0.2, 0.25) is 0 Å². The van der Waals surface area contributed by atoms with Gasteiger partial charge >= 0.3 is 0 Å². The summed E-state index contributed by atoms with van der Waals surface area (Å²) in [7, 11) is 1.67. The molecule has 1 saturated heterocycles. The number of ether oxygens (including phenoxy) is 1. The number of H-pyrrole nitrogens is 1. The minimum Gasteiger partial charge on any atom is -0.497 e. The number of aromatic amines is 1. The number of benzene rings is 2. The van der Waals surface area contributed by atoms with E-state index in [0.717, 1.165) is 35.6 Å². The average molecular weight is 336 g/mol. The molecule has 1 aliphatic heterocycles. The zero-order valence-corrected chi connectivity index (χ0v) is 14.1. The summed E-state index contributed by atoms with van der Waals surface area (Å²) in [5.41, 5.74) is 3.63. The van der Waals surface area contributed by atoms with Crippen molar-refractivity contribution >= 4 is 22.6 Å². The van der Waals surface area contributed by atoms with Crippen LogP contribution in [0.3, 0.4) is 0 Å². The van der Waals surface area contributed by atoms with Crippen molar-refractivity contribution in [2.45, 2.75) is 0 Å². The van der Waals surface area contributed by atoms with Gasteiger partial charge in [0, 0.05) is 37.4 Å². The van der Waals surface area contributed by atoms with Crippen molar-refractivity contribution in [1.29, 1.82) is 0 Å². The topological polar surface area (TPSA) is 61.5 Å². The first-order valence-electron chi connectivity index (χ1n) is 8.36. The smallest absolute Gasteiger partial charge is 0.254 e. The zero-order chi connectivity index (χ0) is 17.2. The summed E-state index contributed by atoms with van der Waals surface area (Å²) in [6, 6.07) is 13.7. The second-order valence-corrected chi connectivity index (χ2v) is 6.11. The van der Waals surface area contributed by atoms with Crippen LogP contribution < -0.4 is 9.64 Å². The summed E-state index contributed by atoms with van der Waals surface area (Å²) in [6.07, 6.45) is 1.65. The molecule has 1 fully saturated rings. The van der Waals surface area contributed by atoms with Crippen LogP contribution in [0.25, 0.3) is 11.0 Å². The average Bonchev–Trinajstić information content (AvgIpc) is 3.15. The van der Waals surface area contributed by atoms with E-state index in [1.54, 1.807) is 13.4 Å². The number of piperazine rings is 1. The lowest BCUT2D eigenvalue weighted by atomic mass is 10.1. The molecule has 0 spiro atoms. The van der Waals surface area contributed by atoms with Crippen molar-refractivity contribution in [1.82, 2.24) is 14.9 Å². The van der Waals surface area contributed by atoms with E-state index in [2.05, 4.69) is 27.0 Å². The van der Waals surface area contributed by atoms with E-state index < -0.39 is 0 Å². The van der Waals surface area contributed by atoms with Crippen LogP contribution in [0.4, 0.5) is 5.69 Å². The summed E-state index contributed by atoms with van der Waals surface area (Å²) in [4.78, 5) is 24.2. The number of aromatic nitrogens is 2. The maximum atomic E-state index is 12.7. The summed E-state index contributed by atoms with van der Waals surface area (Å²) in [5, 5.41) is 0. The third-order valence-electron chi connectivity index (χ3n) is 4.67. The fraction of sp³-hybridized carbons (Fsp3) is 0.263. The van der Waals surface area contributed by atoms with Crippen LogP contribution in [0, 0.1) is 0 Å². The minimum absolute atomic E-state index is 0.0749. The number of carbonyl (C=O) groups is 1. The third kappa shape index (κ3) is 3.03. The van der Waals surface area contributed by atoms with E-state index >= 15 is 0 Å². The van der Waals surface area contributed by atoms with Crippen LogP contribution in [0.1, 0.15) is 10.4 Å². The summed E-state index contributed by atoms with van der Waals surface area (Å²) < 4.78 is 5.20. The van der Waals surface area contributed by atoms with Crippen LogP contribution in [-0.4, -0.2) is 54.1 Å². The van der Waals surface area contributed by atoms with E-state index in [4.69, 9.17) is 4.74 Å². The molecule has 3 aromatic rings. The zero-order valence-electron chi connectivity index (χ0n) is 14.1. The second-order valence-electron chi connectivity index (χ2n) is 6.11. The Morgan fingerprint density at radius 1 is 1.08 bits per heavy atom. The number of imidazole rings is 1. The molecule has 0 bridgehead atoms. The number of anilines is 1. The molecule has 1 aromatic heterocycles. The first kappa shape index (κ1) is 15.5. The van der Waals surface area contributed by atoms with Gasteiger partial charge in [0.2, 0.25) is 0 Å². The Kier molecular flexibility index (Phi) is 4.01. The molecule has 4 rings (SSSR count). The monoisotopic (exact) mass is 336 g/mol. The molecule has 0 unspecified atom stereocenters. The predicted molar refractivity (Wildman–Crippen MR) is 97.2 cm³/mol. The van der Waals surface area contributed by atoms with Crippen molar-refractivity contribution in [3.8, 4) is 5.75 Å². The van der Waals surface area contributed by atoms with Crippen molar-refractivity contribution in [3.63, 3.8) is 0 Å². The van der Waals surface area contributed by atoms with Crippen LogP contribution in [-0.2, 0) is 0 Å². The van der Waals surface area contributed by atoms with Crippen molar-refractivity contribution in [3.05, 3.63) is 54.4 Å². The molecule has 0 radical (unpaired) electrons. The quantitative estimate of drug-likeness (QED) is 0.798. The van der Waals surface area contributed by atoms with Gasteiger partial charge < -0.3 is 19.5 Å². The Hall–Kier alpha value is -3.02. The van der Waals surface area contributed by atoms with Gasteiger partial charge in [-0.3, -0.25) is 4.79 Å². The predicted octanol–water partition coefficient (Wildman–Crippen LogP) is 2.53. The van der Waals surface area contributed by atoms with Crippen LogP contribution in [0.15, 0.2) is 48.8 Å². The molecule has 1 N–H and O–H groups in total. The van der Waals surface area contributed by atoms with Gasteiger partial charge in [-0.15, -0.1) is 0 Å². The maximum Gasteiger partial charge on any atom is 0.254 e. The largest absolute Gasteiger partial charge is 0.497 e. The molecular weight excluding hydrogens is 316 g/mol. The normalized spacial score (nSPS) is 14.8. The van der Waals surface area contributed by atoms with E-state index in [1.165, 1.54) is 0 Å². The highest BCUT2D eigenvalue weighted by molar-refractivity contribution is 5.97. The number of nitrogens with one attached hydrogen (secondary N) is 1. The summed E-state index contributed by atoms with van der Waals surface area (Å²) >= 11 is 0. The SMILES string of the molecule is COc1ccc(N2CCN(C(=O)c3ccc4nc[nH]c4c3)CC2)cc1. The summed E-state index contributed by atoms with van der Waals surface area (Å²) in [5.74, 6) is 0.928. The first-order valence-corrected chi connectivity index (χ1v) is 8.36. The lowest BCUT2D eigenvalue weighted by Gasteiger charge is -2.36. The van der Waals surface area contributed by atoms with Gasteiger partial charge in [-0.1, -0.05) is 0 Å². The van der Waals surface area contributed by atoms with E-state index in [-0.39, 0.29) is 5.91 Å². The standard InChI is InChI=1S/C19H20N4O2/c1-25-16-5-3-15(4-6-16)22-8-10-23(11-9-22)19(24)14-2-7-17-18(12-14)21-13-20-17/h2-7,12-13H,8-11H2,1H3,(H,20,21). The van der Waals surface area contributed by atoms with Crippen molar-refractivity contribution < 1.29 is 9.53 Å². The Labute approximate surface area is 146 Å². The maximum absolute atomic E-state index is 12.7. The van der Waals surface area contributed by atoms with Gasteiger partial charge in [-0.05, 0) is 42.5 Å². The fourth-order valence-corrected chi connectivity index (χ4v) is 3.21. The lowest BCUT2D eigenvalue weighted by molar-refractivity contribution is 0.0747. The molecule has 1 amide bonds. The Balaban J connectivity index is 1.42. The number of nitrogens with zero attached hydrogens (tertiary/aromatic N) is 3. The highest BCUT2D eigenvalue weighted by Gasteiger charge is 2.22. The number of fused-ring (bicyclic) bond motifs is 1. The molecular formula is C19H20N4O2. The lowest BCUT2D eigenvalue weighted by Crippen LogP contribution is -2.48. The van der Waals surface area contributed by atoms with Gasteiger partial charge in [0.25, 0.3) is 5.91 Å². The van der Waals surface area contributed by atoms with E-state index in [9.17, 15) is 4.79 Å². The number of hydrogen-bond acceptors (Lipinski definition) is 4. The molecule has 128 valence electrons. The number of rotatable bonds is 3. The van der Waals surface area contributed by atoms with Gasteiger partial charge in [0.05, 0.1) is 24.5 Å². The highest BCUT2D eigenvalue weighted by Crippen LogP contribution is 2.21. The Morgan fingerprint density at radius 2 is 1.84 bits per heavy atom. The Morgan fingerprint density at radius 3 is 2.56 bits per heavy atom. The first-order chi connectivity index (χ1) is 12.2. The number of methoxy groups -OCH3 is 1. The minimum atomic E-state index is 0.0749. The van der Waals surface area contributed by atoms with E-state index in [1.807, 2.05) is 35.2 Å². The number of amides is 1. The number of hydrogen-bond donors (Lipinski definition) is 1. The Bertz CT molecular complexity index is 880. The molecule has 6 nitrogen and oxygen atoms in total. The van der Waals surface area contributed by atoms with Gasteiger partial charge in [-0.25, -0.2) is 4.98 Å². The molecule has 0 aliphatic carbocycles. The highest BCUT2D eigenvalue weighted by atomic mass is 16.5. The molecule has 0 saturated carbocycles. The molecule has 6 heteroatoms. The third-order valence-corrected chi connectivity index (χ3v) is 4.67. The molecule has 25 heavy (non-hydrogen) atoms. The molecule has 2 heterocycles. The van der Waals surface area contributed by atoms with Crippen LogP contribution >= 0.6 is 0 Å². The number of carbonyl (C=O) groups excluding carboxylic acids is 1. The van der Waals surface area contributed by atoms with Gasteiger partial charge in [-0.2, -0.15) is 0 Å². The van der Waals surface area contributed by atoms with Crippen molar-refractivity contribution in [2.24, 2.45) is 0 Å². The van der Waals surface area contributed by atoms with Gasteiger partial charge in [0.15, 0.2) is 0 Å². The summed E-state index contributed by atoms with van der Waals surface area (Å²) in [6.45, 7) is 3.08. The molecule has 1 aliphatic rings. The molecule has 2 aromatic carbocycles. The fourth-order valence-electron chi connectivity index (χ4n) is 3.21. The van der Waals surface area contributed by atoms with Gasteiger partial charge in [0.1, 0.15) is 5.75 Å². The molecule has 0 atom stereocenters.